The Morgan fingerprint density at radius 3 is 2.48 bits per heavy atom. The number of halogens is 2. The highest BCUT2D eigenvalue weighted by Gasteiger charge is 2.48. The van der Waals surface area contributed by atoms with Crippen molar-refractivity contribution >= 4 is 27.9 Å². The van der Waals surface area contributed by atoms with Gasteiger partial charge in [-0.05, 0) is 42.3 Å². The van der Waals surface area contributed by atoms with Crippen molar-refractivity contribution in [2.24, 2.45) is 0 Å². The molecular weight excluding hydrogens is 391 g/mol. The van der Waals surface area contributed by atoms with Crippen LogP contribution in [0, 0.1) is 5.82 Å². The number of hydrogen-bond donors (Lipinski definition) is 1. The Balaban J connectivity index is 1.88. The molecule has 0 radical (unpaired) electrons. The largest absolute Gasteiger partial charge is 0.497 e. The highest BCUT2D eigenvalue weighted by Crippen LogP contribution is 2.31. The summed E-state index contributed by atoms with van der Waals surface area (Å²) in [6.45, 7) is 1.71. The summed E-state index contributed by atoms with van der Waals surface area (Å²) >= 11 is 3.26. The van der Waals surface area contributed by atoms with E-state index in [1.165, 1.54) is 12.1 Å². The van der Waals surface area contributed by atoms with Crippen LogP contribution in [0.15, 0.2) is 46.9 Å². The molecule has 1 saturated heterocycles. The lowest BCUT2D eigenvalue weighted by molar-refractivity contribution is -0.131. The molecular formula is C18H16BrFN2O3. The highest BCUT2D eigenvalue weighted by molar-refractivity contribution is 9.10. The molecule has 2 aromatic rings. The van der Waals surface area contributed by atoms with Crippen LogP contribution in [0.4, 0.5) is 9.18 Å². The van der Waals surface area contributed by atoms with E-state index >= 15 is 0 Å². The Labute approximate surface area is 152 Å². The third kappa shape index (κ3) is 3.11. The zero-order valence-electron chi connectivity index (χ0n) is 13.7. The number of urea groups is 1. The molecule has 2 aromatic carbocycles. The van der Waals surface area contributed by atoms with Gasteiger partial charge in [-0.25, -0.2) is 9.18 Å². The van der Waals surface area contributed by atoms with Crippen molar-refractivity contribution in [3.05, 3.63) is 63.9 Å². The fourth-order valence-corrected chi connectivity index (χ4v) is 3.26. The van der Waals surface area contributed by atoms with Crippen LogP contribution in [0.5, 0.6) is 5.75 Å². The summed E-state index contributed by atoms with van der Waals surface area (Å²) in [5.74, 6) is -0.0917. The minimum Gasteiger partial charge on any atom is -0.497 e. The van der Waals surface area contributed by atoms with E-state index in [0.717, 1.165) is 4.90 Å². The first-order valence-electron chi connectivity index (χ1n) is 7.57. The van der Waals surface area contributed by atoms with Gasteiger partial charge in [0, 0.05) is 4.47 Å². The Kier molecular flexibility index (Phi) is 4.51. The molecule has 3 rings (SSSR count). The van der Waals surface area contributed by atoms with Gasteiger partial charge in [0.2, 0.25) is 0 Å². The molecule has 7 heteroatoms. The van der Waals surface area contributed by atoms with Gasteiger partial charge in [0.1, 0.15) is 17.1 Å². The van der Waals surface area contributed by atoms with Crippen molar-refractivity contribution in [2.75, 3.05) is 7.11 Å². The molecule has 0 spiro atoms. The van der Waals surface area contributed by atoms with E-state index in [9.17, 15) is 14.0 Å². The van der Waals surface area contributed by atoms with Gasteiger partial charge in [-0.1, -0.05) is 34.1 Å². The first kappa shape index (κ1) is 17.4. The fourth-order valence-electron chi connectivity index (χ4n) is 2.78. The molecule has 1 aliphatic rings. The minimum absolute atomic E-state index is 0.0529. The summed E-state index contributed by atoms with van der Waals surface area (Å²) in [6.07, 6.45) is 0. The average Bonchev–Trinajstić information content (AvgIpc) is 2.81. The summed E-state index contributed by atoms with van der Waals surface area (Å²) in [6, 6.07) is 10.6. The van der Waals surface area contributed by atoms with Crippen molar-refractivity contribution in [1.82, 2.24) is 10.2 Å². The van der Waals surface area contributed by atoms with Crippen LogP contribution < -0.4 is 10.1 Å². The molecule has 130 valence electrons. The van der Waals surface area contributed by atoms with Crippen LogP contribution in [-0.2, 0) is 16.9 Å². The molecule has 1 atom stereocenters. The highest BCUT2D eigenvalue weighted by atomic mass is 79.9. The lowest BCUT2D eigenvalue weighted by Crippen LogP contribution is -2.40. The Hall–Kier alpha value is -2.41. The summed E-state index contributed by atoms with van der Waals surface area (Å²) in [7, 11) is 1.56. The third-order valence-electron chi connectivity index (χ3n) is 4.29. The van der Waals surface area contributed by atoms with Gasteiger partial charge >= 0.3 is 6.03 Å². The van der Waals surface area contributed by atoms with E-state index in [2.05, 4.69) is 21.2 Å². The van der Waals surface area contributed by atoms with E-state index in [-0.39, 0.29) is 12.5 Å². The summed E-state index contributed by atoms with van der Waals surface area (Å²) in [5.41, 5.74) is 0.145. The van der Waals surface area contributed by atoms with Crippen molar-refractivity contribution in [1.29, 1.82) is 0 Å². The number of carbonyl (C=O) groups is 2. The van der Waals surface area contributed by atoms with Crippen LogP contribution in [0.1, 0.15) is 18.1 Å². The molecule has 0 aliphatic carbocycles. The topological polar surface area (TPSA) is 58.6 Å². The van der Waals surface area contributed by atoms with Crippen LogP contribution in [0.2, 0.25) is 0 Å². The van der Waals surface area contributed by atoms with Crippen LogP contribution >= 0.6 is 15.9 Å². The first-order valence-corrected chi connectivity index (χ1v) is 8.37. The van der Waals surface area contributed by atoms with E-state index in [4.69, 9.17) is 4.74 Å². The molecule has 25 heavy (non-hydrogen) atoms. The van der Waals surface area contributed by atoms with Gasteiger partial charge in [0.15, 0.2) is 0 Å². The van der Waals surface area contributed by atoms with Crippen molar-refractivity contribution in [3.8, 4) is 5.75 Å². The summed E-state index contributed by atoms with van der Waals surface area (Å²) < 4.78 is 18.8. The SMILES string of the molecule is COc1ccc(C2(C)NC(=O)N(Cc3ccc(F)cc3Br)C2=O)cc1. The van der Waals surface area contributed by atoms with E-state index in [1.54, 1.807) is 44.4 Å². The standard InChI is InChI=1S/C18H16BrFN2O3/c1-18(12-4-7-14(25-2)8-5-12)16(23)22(17(24)21-18)10-11-3-6-13(20)9-15(11)19/h3-9H,10H2,1-2H3,(H,21,24). The number of carbonyl (C=O) groups excluding carboxylic acids is 2. The van der Waals surface area contributed by atoms with Crippen LogP contribution in [-0.4, -0.2) is 23.9 Å². The Morgan fingerprint density at radius 1 is 1.20 bits per heavy atom. The molecule has 0 saturated carbocycles. The zero-order chi connectivity index (χ0) is 18.2. The van der Waals surface area contributed by atoms with Gasteiger partial charge in [0.25, 0.3) is 5.91 Å². The van der Waals surface area contributed by atoms with Crippen molar-refractivity contribution in [3.63, 3.8) is 0 Å². The predicted molar refractivity (Wildman–Crippen MR) is 93.5 cm³/mol. The lowest BCUT2D eigenvalue weighted by Gasteiger charge is -2.22. The van der Waals surface area contributed by atoms with Crippen LogP contribution in [0.3, 0.4) is 0 Å². The summed E-state index contributed by atoms with van der Waals surface area (Å²) in [4.78, 5) is 26.4. The second-order valence-corrected chi connectivity index (χ2v) is 6.77. The lowest BCUT2D eigenvalue weighted by atomic mass is 9.92. The second-order valence-electron chi connectivity index (χ2n) is 5.91. The van der Waals surface area contributed by atoms with Gasteiger partial charge in [-0.3, -0.25) is 9.69 Å². The number of rotatable bonds is 4. The molecule has 1 N–H and O–H groups in total. The smallest absolute Gasteiger partial charge is 0.325 e. The third-order valence-corrected chi connectivity index (χ3v) is 5.02. The molecule has 1 fully saturated rings. The van der Waals surface area contributed by atoms with Crippen LogP contribution in [0.25, 0.3) is 0 Å². The number of nitrogens with one attached hydrogen (secondary N) is 1. The van der Waals surface area contributed by atoms with Gasteiger partial charge in [0.05, 0.1) is 13.7 Å². The normalized spacial score (nSPS) is 19.9. The number of nitrogens with zero attached hydrogens (tertiary/aromatic N) is 1. The van der Waals surface area contributed by atoms with E-state index in [0.29, 0.717) is 21.3 Å². The maximum Gasteiger partial charge on any atom is 0.325 e. The number of imide groups is 1. The van der Waals surface area contributed by atoms with E-state index < -0.39 is 17.4 Å². The average molecular weight is 407 g/mol. The number of hydrogen-bond acceptors (Lipinski definition) is 3. The number of benzene rings is 2. The number of methoxy groups -OCH3 is 1. The molecule has 0 aromatic heterocycles. The molecule has 1 heterocycles. The Morgan fingerprint density at radius 2 is 1.88 bits per heavy atom. The molecule has 5 nitrogen and oxygen atoms in total. The maximum absolute atomic E-state index is 13.2. The van der Waals surface area contributed by atoms with Crippen molar-refractivity contribution < 1.29 is 18.7 Å². The summed E-state index contributed by atoms with van der Waals surface area (Å²) in [5, 5.41) is 2.74. The predicted octanol–water partition coefficient (Wildman–Crippen LogP) is 3.56. The minimum atomic E-state index is -1.16. The molecule has 0 bridgehead atoms. The monoisotopic (exact) mass is 406 g/mol. The quantitative estimate of drug-likeness (QED) is 0.789. The number of amides is 3. The van der Waals surface area contributed by atoms with Gasteiger partial charge in [-0.15, -0.1) is 0 Å². The molecule has 1 aliphatic heterocycles. The molecule has 1 unspecified atom stereocenters. The number of ether oxygens (including phenoxy) is 1. The van der Waals surface area contributed by atoms with Crippen molar-refractivity contribution in [2.45, 2.75) is 19.0 Å². The first-order chi connectivity index (χ1) is 11.8. The molecule has 3 amide bonds. The van der Waals surface area contributed by atoms with E-state index in [1.807, 2.05) is 0 Å². The van der Waals surface area contributed by atoms with Gasteiger partial charge < -0.3 is 10.1 Å². The Bertz CT molecular complexity index is 841. The fraction of sp³-hybridized carbons (Fsp3) is 0.222. The second kappa shape index (κ2) is 6.48. The van der Waals surface area contributed by atoms with Gasteiger partial charge in [-0.2, -0.15) is 0 Å². The zero-order valence-corrected chi connectivity index (χ0v) is 15.3. The maximum atomic E-state index is 13.2.